The first-order valence-electron chi connectivity index (χ1n) is 5.18. The van der Waals surface area contributed by atoms with E-state index in [4.69, 9.17) is 5.73 Å². The van der Waals surface area contributed by atoms with Crippen LogP contribution in [-0.4, -0.2) is 12.5 Å². The van der Waals surface area contributed by atoms with Crippen LogP contribution < -0.4 is 10.5 Å². The molecule has 1 aromatic carbocycles. The van der Waals surface area contributed by atoms with Gasteiger partial charge in [0.05, 0.1) is 0 Å². The highest BCUT2D eigenvalue weighted by atomic mass is 35.5. The van der Waals surface area contributed by atoms with Crippen LogP contribution in [-0.2, 0) is 0 Å². The summed E-state index contributed by atoms with van der Waals surface area (Å²) in [6.07, 6.45) is -6.22. The van der Waals surface area contributed by atoms with Crippen LogP contribution in [0.25, 0.3) is 0 Å². The monoisotopic (exact) mass is 299 g/mol. The molecule has 0 saturated heterocycles. The molecule has 0 aromatic heterocycles. The molecule has 2 N–H and O–H groups in total. The minimum absolute atomic E-state index is 0. The highest BCUT2D eigenvalue weighted by Gasteiger charge is 2.43. The van der Waals surface area contributed by atoms with Crippen molar-refractivity contribution in [3.63, 3.8) is 0 Å². The second kappa shape index (κ2) is 7.35. The van der Waals surface area contributed by atoms with Crippen molar-refractivity contribution in [2.45, 2.75) is 25.0 Å². The Bertz CT molecular complexity index is 397. The summed E-state index contributed by atoms with van der Waals surface area (Å²) in [5.41, 5.74) is 6.43. The van der Waals surface area contributed by atoms with Crippen molar-refractivity contribution in [3.8, 4) is 5.75 Å². The maximum absolute atomic E-state index is 12.6. The predicted molar refractivity (Wildman–Crippen MR) is 67.0 cm³/mol. The van der Waals surface area contributed by atoms with Crippen molar-refractivity contribution in [1.29, 1.82) is 0 Å². The Morgan fingerprint density at radius 3 is 2.21 bits per heavy atom. The van der Waals surface area contributed by atoms with E-state index < -0.39 is 12.5 Å². The Kier molecular flexibility index (Phi) is 6.86. The van der Waals surface area contributed by atoms with E-state index in [2.05, 4.69) is 11.3 Å². The molecule has 0 saturated carbocycles. The first kappa shape index (κ1) is 17.7. The Balaban J connectivity index is 0.00000324. The van der Waals surface area contributed by atoms with Gasteiger partial charge in [-0.3, -0.25) is 0 Å². The third kappa shape index (κ3) is 5.08. The molecule has 0 aliphatic carbocycles. The molecule has 0 aliphatic heterocycles. The van der Waals surface area contributed by atoms with E-state index in [1.807, 2.05) is 0 Å². The number of nitrogens with two attached hydrogens (primary N) is 1. The van der Waals surface area contributed by atoms with Crippen molar-refractivity contribution < 1.29 is 22.3 Å². The lowest BCUT2D eigenvalue weighted by Gasteiger charge is -2.17. The van der Waals surface area contributed by atoms with Crippen LogP contribution in [0.3, 0.4) is 0 Å². The first-order chi connectivity index (χ1) is 8.36. The molecule has 0 fully saturated rings. The van der Waals surface area contributed by atoms with Crippen LogP contribution in [0.1, 0.15) is 18.0 Å². The summed E-state index contributed by atoms with van der Waals surface area (Å²) in [5, 5.41) is 0. The first-order valence-corrected chi connectivity index (χ1v) is 5.18. The SMILES string of the molecule is C=CC[C@H](N)c1ccc(OC(F)(F)C(F)F)cc1.Cl. The molecule has 0 aliphatic rings. The third-order valence-electron chi connectivity index (χ3n) is 2.24. The maximum Gasteiger partial charge on any atom is 0.461 e. The molecule has 7 heteroatoms. The molecule has 0 unspecified atom stereocenters. The molecule has 2 nitrogen and oxygen atoms in total. The minimum atomic E-state index is -4.50. The number of hydrogen-bond acceptors (Lipinski definition) is 2. The number of benzene rings is 1. The fourth-order valence-electron chi connectivity index (χ4n) is 1.30. The van der Waals surface area contributed by atoms with Gasteiger partial charge in [-0.25, -0.2) is 0 Å². The van der Waals surface area contributed by atoms with Crippen molar-refractivity contribution in [1.82, 2.24) is 0 Å². The van der Waals surface area contributed by atoms with E-state index in [0.717, 1.165) is 0 Å². The molecule has 1 rings (SSSR count). The highest BCUT2D eigenvalue weighted by molar-refractivity contribution is 5.85. The minimum Gasteiger partial charge on any atom is -0.428 e. The number of rotatable bonds is 6. The van der Waals surface area contributed by atoms with Gasteiger partial charge in [0.2, 0.25) is 0 Å². The predicted octanol–water partition coefficient (Wildman–Crippen LogP) is 3.92. The molecular weight excluding hydrogens is 286 g/mol. The summed E-state index contributed by atoms with van der Waals surface area (Å²) >= 11 is 0. The van der Waals surface area contributed by atoms with Gasteiger partial charge in [0.1, 0.15) is 5.75 Å². The molecule has 0 radical (unpaired) electrons. The van der Waals surface area contributed by atoms with Crippen molar-refractivity contribution in [3.05, 3.63) is 42.5 Å². The van der Waals surface area contributed by atoms with Gasteiger partial charge >= 0.3 is 12.5 Å². The quantitative estimate of drug-likeness (QED) is 0.638. The number of halogens is 5. The van der Waals surface area contributed by atoms with Gasteiger partial charge in [0.15, 0.2) is 0 Å². The second-order valence-electron chi connectivity index (χ2n) is 3.66. The zero-order valence-corrected chi connectivity index (χ0v) is 10.7. The lowest BCUT2D eigenvalue weighted by atomic mass is 10.0. The zero-order valence-electron chi connectivity index (χ0n) is 9.86. The summed E-state index contributed by atoms with van der Waals surface area (Å²) in [7, 11) is 0. The zero-order chi connectivity index (χ0) is 13.8. The summed E-state index contributed by atoms with van der Waals surface area (Å²) < 4.78 is 52.9. The summed E-state index contributed by atoms with van der Waals surface area (Å²) in [5.74, 6) is -0.338. The van der Waals surface area contributed by atoms with E-state index >= 15 is 0 Å². The van der Waals surface area contributed by atoms with E-state index in [0.29, 0.717) is 12.0 Å². The largest absolute Gasteiger partial charge is 0.461 e. The summed E-state index contributed by atoms with van der Waals surface area (Å²) in [6, 6.07) is 4.94. The Morgan fingerprint density at radius 2 is 1.79 bits per heavy atom. The maximum atomic E-state index is 12.6. The molecule has 0 amide bonds. The number of ether oxygens (including phenoxy) is 1. The lowest BCUT2D eigenvalue weighted by molar-refractivity contribution is -0.253. The van der Waals surface area contributed by atoms with Gasteiger partial charge in [-0.2, -0.15) is 17.6 Å². The van der Waals surface area contributed by atoms with Crippen LogP contribution in [0, 0.1) is 0 Å². The van der Waals surface area contributed by atoms with Crippen LogP contribution >= 0.6 is 12.4 Å². The van der Waals surface area contributed by atoms with E-state index in [9.17, 15) is 17.6 Å². The smallest absolute Gasteiger partial charge is 0.428 e. The number of hydrogen-bond donors (Lipinski definition) is 1. The van der Waals surface area contributed by atoms with Crippen molar-refractivity contribution in [2.75, 3.05) is 0 Å². The van der Waals surface area contributed by atoms with E-state index in [-0.39, 0.29) is 24.2 Å². The molecule has 1 aromatic rings. The molecule has 0 spiro atoms. The Labute approximate surface area is 114 Å². The number of alkyl halides is 4. The molecule has 19 heavy (non-hydrogen) atoms. The second-order valence-corrected chi connectivity index (χ2v) is 3.66. The topological polar surface area (TPSA) is 35.2 Å². The van der Waals surface area contributed by atoms with Gasteiger partial charge in [-0.1, -0.05) is 18.2 Å². The fourth-order valence-corrected chi connectivity index (χ4v) is 1.30. The highest BCUT2D eigenvalue weighted by Crippen LogP contribution is 2.28. The molecule has 0 bridgehead atoms. The summed E-state index contributed by atoms with van der Waals surface area (Å²) in [6.45, 7) is 3.52. The molecule has 108 valence electrons. The normalized spacial score (nSPS) is 12.7. The van der Waals surface area contributed by atoms with Gasteiger partial charge in [-0.05, 0) is 24.1 Å². The van der Waals surface area contributed by atoms with Crippen molar-refractivity contribution >= 4 is 12.4 Å². The Morgan fingerprint density at radius 1 is 1.26 bits per heavy atom. The molecule has 1 atom stereocenters. The van der Waals surface area contributed by atoms with E-state index in [1.54, 1.807) is 6.08 Å². The molecular formula is C12H14ClF4NO. The van der Waals surface area contributed by atoms with Gasteiger partial charge in [0.25, 0.3) is 0 Å². The van der Waals surface area contributed by atoms with Gasteiger partial charge in [-0.15, -0.1) is 19.0 Å². The summed E-state index contributed by atoms with van der Waals surface area (Å²) in [4.78, 5) is 0. The van der Waals surface area contributed by atoms with Crippen LogP contribution in [0.5, 0.6) is 5.75 Å². The van der Waals surface area contributed by atoms with Crippen LogP contribution in [0.15, 0.2) is 36.9 Å². The average molecular weight is 300 g/mol. The van der Waals surface area contributed by atoms with Crippen LogP contribution in [0.4, 0.5) is 17.6 Å². The van der Waals surface area contributed by atoms with Gasteiger partial charge < -0.3 is 10.5 Å². The lowest BCUT2D eigenvalue weighted by Crippen LogP contribution is -2.33. The molecule has 0 heterocycles. The average Bonchev–Trinajstić information content (AvgIpc) is 2.29. The third-order valence-corrected chi connectivity index (χ3v) is 2.24. The van der Waals surface area contributed by atoms with Crippen LogP contribution in [0.2, 0.25) is 0 Å². The standard InChI is InChI=1S/C12H13F4NO.ClH/c1-2-3-10(17)8-4-6-9(7-5-8)18-12(15,16)11(13)14;/h2,4-7,10-11H,1,3,17H2;1H/t10-;/m0./s1. The Hall–Kier alpha value is -1.27. The van der Waals surface area contributed by atoms with E-state index in [1.165, 1.54) is 24.3 Å². The van der Waals surface area contributed by atoms with Crippen molar-refractivity contribution in [2.24, 2.45) is 5.73 Å². The fraction of sp³-hybridized carbons (Fsp3) is 0.333. The van der Waals surface area contributed by atoms with Gasteiger partial charge in [0, 0.05) is 6.04 Å².